The van der Waals surface area contributed by atoms with Gasteiger partial charge in [-0.15, -0.1) is 0 Å². The van der Waals surface area contributed by atoms with Gasteiger partial charge in [0.2, 0.25) is 0 Å². The molecule has 2 heteroatoms. The summed E-state index contributed by atoms with van der Waals surface area (Å²) in [6, 6.07) is 0. The molecule has 0 aromatic rings. The van der Waals surface area contributed by atoms with Crippen LogP contribution < -0.4 is 0 Å². The Balaban J connectivity index is 1.59. The van der Waals surface area contributed by atoms with Crippen LogP contribution in [-0.4, -0.2) is 22.9 Å². The average molecular weight is 441 g/mol. The number of aliphatic hydroxyl groups is 2. The summed E-state index contributed by atoms with van der Waals surface area (Å²) in [5.41, 5.74) is 4.40. The molecule has 3 fully saturated rings. The third-order valence-corrected chi connectivity index (χ3v) is 12.7. The van der Waals surface area contributed by atoms with Crippen LogP contribution in [-0.2, 0) is 0 Å². The molecule has 2 N–H and O–H groups in total. The van der Waals surface area contributed by atoms with E-state index in [4.69, 9.17) is 0 Å². The van der Waals surface area contributed by atoms with Gasteiger partial charge in [-0.1, -0.05) is 60.6 Å². The van der Waals surface area contributed by atoms with Gasteiger partial charge in [0.15, 0.2) is 0 Å². The van der Waals surface area contributed by atoms with Gasteiger partial charge in [0.1, 0.15) is 0 Å². The topological polar surface area (TPSA) is 40.5 Å². The molecule has 5 rings (SSSR count). The number of allylic oxidation sites excluding steroid dienone is 4. The lowest BCUT2D eigenvalue weighted by Crippen LogP contribution is -2.61. The van der Waals surface area contributed by atoms with Gasteiger partial charge in [-0.2, -0.15) is 0 Å². The van der Waals surface area contributed by atoms with Crippen LogP contribution in [0.3, 0.4) is 0 Å². The van der Waals surface area contributed by atoms with Gasteiger partial charge >= 0.3 is 0 Å². The highest BCUT2D eigenvalue weighted by molar-refractivity contribution is 5.49. The molecule has 0 aromatic carbocycles. The first-order valence-electron chi connectivity index (χ1n) is 13.5. The van der Waals surface area contributed by atoms with Gasteiger partial charge in [0.25, 0.3) is 0 Å². The van der Waals surface area contributed by atoms with Crippen molar-refractivity contribution in [2.75, 3.05) is 6.61 Å². The largest absolute Gasteiger partial charge is 0.396 e. The van der Waals surface area contributed by atoms with Gasteiger partial charge in [-0.25, -0.2) is 0 Å². The van der Waals surface area contributed by atoms with Crippen LogP contribution in [0.1, 0.15) is 106 Å². The van der Waals surface area contributed by atoms with E-state index >= 15 is 0 Å². The molecule has 2 nitrogen and oxygen atoms in total. The molecule has 0 radical (unpaired) electrons. The second-order valence-electron chi connectivity index (χ2n) is 14.7. The summed E-state index contributed by atoms with van der Waals surface area (Å²) in [5.74, 6) is 1.18. The lowest BCUT2D eigenvalue weighted by Gasteiger charge is -2.69. The zero-order chi connectivity index (χ0) is 23.4. The van der Waals surface area contributed by atoms with Gasteiger partial charge in [0.05, 0.1) is 6.10 Å². The summed E-state index contributed by atoms with van der Waals surface area (Å²) in [6.45, 7) is 17.6. The standard InChI is InChI=1S/C30H48O2/c1-25(2)22-9-8-21-20(28(22,5)12-11-24(25)32)10-13-30(7)23-18-26(3,19-31)14-15-27(23,4)16-17-29(21,30)6/h8,10,22-24,31-32H,9,11-19H2,1-7H3/t22-,23+,24+,26+,27+,28+,29+,30-/m0/s1. The third kappa shape index (κ3) is 2.72. The molecule has 0 saturated heterocycles. The molecule has 0 spiro atoms. The maximum Gasteiger partial charge on any atom is 0.0594 e. The van der Waals surface area contributed by atoms with Crippen molar-refractivity contribution < 1.29 is 10.2 Å². The molecular weight excluding hydrogens is 392 g/mol. The molecule has 5 aliphatic carbocycles. The van der Waals surface area contributed by atoms with Crippen molar-refractivity contribution in [1.29, 1.82) is 0 Å². The van der Waals surface area contributed by atoms with E-state index in [2.05, 4.69) is 60.6 Å². The summed E-state index contributed by atoms with van der Waals surface area (Å²) < 4.78 is 0. The van der Waals surface area contributed by atoms with E-state index in [9.17, 15) is 10.2 Å². The fourth-order valence-electron chi connectivity index (χ4n) is 9.81. The van der Waals surface area contributed by atoms with E-state index in [0.29, 0.717) is 23.9 Å². The molecule has 0 bridgehead atoms. The van der Waals surface area contributed by atoms with E-state index in [1.807, 2.05) is 0 Å². The highest BCUT2D eigenvalue weighted by Crippen LogP contribution is 2.74. The summed E-state index contributed by atoms with van der Waals surface area (Å²) in [6.07, 6.45) is 15.6. The van der Waals surface area contributed by atoms with Gasteiger partial charge in [-0.05, 0) is 113 Å². The Labute approximate surface area is 197 Å². The number of hydrogen-bond donors (Lipinski definition) is 2. The fourth-order valence-corrected chi connectivity index (χ4v) is 9.81. The second kappa shape index (κ2) is 6.75. The first-order chi connectivity index (χ1) is 14.8. The minimum atomic E-state index is -0.186. The van der Waals surface area contributed by atoms with Crippen molar-refractivity contribution in [2.24, 2.45) is 44.3 Å². The van der Waals surface area contributed by atoms with Crippen LogP contribution in [0.25, 0.3) is 0 Å². The smallest absolute Gasteiger partial charge is 0.0594 e. The quantitative estimate of drug-likeness (QED) is 0.458. The Bertz CT molecular complexity index is 868. The molecule has 3 saturated carbocycles. The monoisotopic (exact) mass is 440 g/mol. The zero-order valence-corrected chi connectivity index (χ0v) is 21.9. The highest BCUT2D eigenvalue weighted by atomic mass is 16.3. The number of hydrogen-bond acceptors (Lipinski definition) is 2. The normalized spacial score (nSPS) is 54.3. The minimum Gasteiger partial charge on any atom is -0.396 e. The number of fused-ring (bicyclic) bond motifs is 7. The average Bonchev–Trinajstić information content (AvgIpc) is 2.74. The molecule has 32 heavy (non-hydrogen) atoms. The molecule has 0 unspecified atom stereocenters. The fraction of sp³-hybridized carbons (Fsp3) is 0.867. The van der Waals surface area contributed by atoms with Crippen molar-refractivity contribution >= 4 is 0 Å². The van der Waals surface area contributed by atoms with E-state index in [0.717, 1.165) is 19.3 Å². The lowest BCUT2D eigenvalue weighted by atomic mass is 9.36. The number of aliphatic hydroxyl groups excluding tert-OH is 2. The second-order valence-corrected chi connectivity index (χ2v) is 14.7. The predicted octanol–water partition coefficient (Wildman–Crippen LogP) is 7.06. The van der Waals surface area contributed by atoms with Crippen LogP contribution in [0.15, 0.2) is 23.3 Å². The van der Waals surface area contributed by atoms with Gasteiger partial charge in [-0.3, -0.25) is 0 Å². The SMILES string of the molecule is CC1(C)[C@H](O)CC[C@]2(C)C3=CC[C@@]4(C)[C@@H]5C[C@](C)(CO)CC[C@]5(C)CC[C@]4(C)C3=CC[C@@H]12. The van der Waals surface area contributed by atoms with E-state index in [1.165, 1.54) is 38.5 Å². The van der Waals surface area contributed by atoms with Crippen molar-refractivity contribution in [3.63, 3.8) is 0 Å². The van der Waals surface area contributed by atoms with E-state index in [1.54, 1.807) is 11.1 Å². The summed E-state index contributed by atoms with van der Waals surface area (Å²) >= 11 is 0. The maximum absolute atomic E-state index is 10.8. The van der Waals surface area contributed by atoms with Crippen LogP contribution in [0.5, 0.6) is 0 Å². The summed E-state index contributed by atoms with van der Waals surface area (Å²) in [7, 11) is 0. The summed E-state index contributed by atoms with van der Waals surface area (Å²) in [4.78, 5) is 0. The molecule has 180 valence electrons. The first-order valence-corrected chi connectivity index (χ1v) is 13.5. The molecule has 0 amide bonds. The van der Waals surface area contributed by atoms with Crippen LogP contribution in [0, 0.1) is 44.3 Å². The van der Waals surface area contributed by atoms with E-state index < -0.39 is 0 Å². The Hall–Kier alpha value is -0.600. The van der Waals surface area contributed by atoms with E-state index in [-0.39, 0.29) is 33.2 Å². The lowest BCUT2D eigenvalue weighted by molar-refractivity contribution is -0.150. The molecule has 0 heterocycles. The Kier molecular flexibility index (Phi) is 4.88. The predicted molar refractivity (Wildman–Crippen MR) is 132 cm³/mol. The Morgan fingerprint density at radius 2 is 1.53 bits per heavy atom. The first kappa shape index (κ1) is 23.2. The van der Waals surface area contributed by atoms with Crippen molar-refractivity contribution in [2.45, 2.75) is 112 Å². The molecule has 0 aliphatic heterocycles. The van der Waals surface area contributed by atoms with Crippen LogP contribution in [0.2, 0.25) is 0 Å². The number of rotatable bonds is 1. The molecule has 8 atom stereocenters. The maximum atomic E-state index is 10.8. The third-order valence-electron chi connectivity index (χ3n) is 12.7. The van der Waals surface area contributed by atoms with Crippen LogP contribution >= 0.6 is 0 Å². The van der Waals surface area contributed by atoms with Crippen molar-refractivity contribution in [1.82, 2.24) is 0 Å². The zero-order valence-electron chi connectivity index (χ0n) is 21.9. The highest BCUT2D eigenvalue weighted by Gasteiger charge is 2.65. The van der Waals surface area contributed by atoms with Crippen molar-refractivity contribution in [3.05, 3.63) is 23.3 Å². The van der Waals surface area contributed by atoms with Gasteiger partial charge < -0.3 is 10.2 Å². The Morgan fingerprint density at radius 1 is 0.844 bits per heavy atom. The molecule has 5 aliphatic rings. The molecule has 0 aromatic heterocycles. The summed E-state index contributed by atoms with van der Waals surface area (Å²) in [5, 5.41) is 21.1. The van der Waals surface area contributed by atoms with Crippen molar-refractivity contribution in [3.8, 4) is 0 Å². The Morgan fingerprint density at radius 3 is 2.22 bits per heavy atom. The van der Waals surface area contributed by atoms with Crippen LogP contribution in [0.4, 0.5) is 0 Å². The minimum absolute atomic E-state index is 0.0328. The molecular formula is C30H48O2. The van der Waals surface area contributed by atoms with Gasteiger partial charge in [0, 0.05) is 6.61 Å².